The zero-order valence-corrected chi connectivity index (χ0v) is 13.2. The zero-order chi connectivity index (χ0) is 14.7. The lowest BCUT2D eigenvalue weighted by atomic mass is 10.1. The van der Waals surface area contributed by atoms with E-state index in [9.17, 15) is 9.59 Å². The van der Waals surface area contributed by atoms with Gasteiger partial charge in [0, 0.05) is 11.8 Å². The predicted octanol–water partition coefficient (Wildman–Crippen LogP) is 3.89. The topological polar surface area (TPSA) is 59.2 Å². The van der Waals surface area contributed by atoms with Crippen molar-refractivity contribution in [1.29, 1.82) is 0 Å². The van der Waals surface area contributed by atoms with Crippen molar-refractivity contribution in [1.82, 2.24) is 4.98 Å². The summed E-state index contributed by atoms with van der Waals surface area (Å²) in [7, 11) is 0. The number of rotatable bonds is 5. The molecule has 0 unspecified atom stereocenters. The van der Waals surface area contributed by atoms with Crippen molar-refractivity contribution >= 4 is 50.7 Å². The van der Waals surface area contributed by atoms with Crippen LogP contribution >= 0.6 is 27.5 Å². The normalized spacial score (nSPS) is 10.8. The first-order valence-electron chi connectivity index (χ1n) is 6.19. The molecule has 1 N–H and O–H groups in total. The second-order valence-electron chi connectivity index (χ2n) is 4.19. The lowest BCUT2D eigenvalue weighted by molar-refractivity contribution is -0.107. The molecule has 6 heteroatoms. The third kappa shape index (κ3) is 2.74. The van der Waals surface area contributed by atoms with Crippen LogP contribution < -0.4 is 0 Å². The fourth-order valence-corrected chi connectivity index (χ4v) is 2.70. The highest BCUT2D eigenvalue weighted by Gasteiger charge is 2.20. The Bertz CT molecular complexity index is 666. The number of nitrogens with one attached hydrogen (secondary N) is 1. The molecule has 4 nitrogen and oxygen atoms in total. The van der Waals surface area contributed by atoms with E-state index in [-0.39, 0.29) is 0 Å². The molecule has 1 aromatic heterocycles. The molecule has 0 saturated heterocycles. The number of carbonyl (C=O) groups is 2. The van der Waals surface area contributed by atoms with Crippen LogP contribution in [0.2, 0.25) is 5.02 Å². The van der Waals surface area contributed by atoms with Crippen LogP contribution in [-0.2, 0) is 16.0 Å². The second-order valence-corrected chi connectivity index (χ2v) is 5.39. The molecule has 20 heavy (non-hydrogen) atoms. The lowest BCUT2D eigenvalue weighted by Gasteiger charge is -2.02. The van der Waals surface area contributed by atoms with E-state index in [1.54, 1.807) is 13.0 Å². The quantitative estimate of drug-likeness (QED) is 0.651. The third-order valence-electron chi connectivity index (χ3n) is 2.96. The van der Waals surface area contributed by atoms with Gasteiger partial charge in [-0.25, -0.2) is 4.79 Å². The molecule has 0 amide bonds. The number of halogens is 2. The van der Waals surface area contributed by atoms with Gasteiger partial charge in [0.1, 0.15) is 12.0 Å². The maximum absolute atomic E-state index is 12.0. The number of aldehydes is 1. The Labute approximate surface area is 129 Å². The number of aryl methyl sites for hydroxylation is 1. The highest BCUT2D eigenvalue weighted by molar-refractivity contribution is 9.10. The Hall–Kier alpha value is -1.33. The fourth-order valence-electron chi connectivity index (χ4n) is 2.10. The third-order valence-corrected chi connectivity index (χ3v) is 4.33. The van der Waals surface area contributed by atoms with Gasteiger partial charge in [0.25, 0.3) is 0 Å². The van der Waals surface area contributed by atoms with E-state index in [0.717, 1.165) is 22.8 Å². The van der Waals surface area contributed by atoms with Gasteiger partial charge in [0.15, 0.2) is 0 Å². The molecule has 0 saturated carbocycles. The van der Waals surface area contributed by atoms with E-state index in [0.29, 0.717) is 34.6 Å². The highest BCUT2D eigenvalue weighted by Crippen LogP contribution is 2.34. The molecule has 0 bridgehead atoms. The average molecular weight is 359 g/mol. The molecule has 106 valence electrons. The molecular weight excluding hydrogens is 346 g/mol. The van der Waals surface area contributed by atoms with E-state index < -0.39 is 5.97 Å². The molecule has 2 aromatic rings. The molecule has 0 aliphatic carbocycles. The van der Waals surface area contributed by atoms with E-state index in [1.165, 1.54) is 0 Å². The van der Waals surface area contributed by atoms with Crippen LogP contribution in [0, 0.1) is 0 Å². The van der Waals surface area contributed by atoms with Crippen molar-refractivity contribution in [3.63, 3.8) is 0 Å². The molecule has 0 aliphatic rings. The highest BCUT2D eigenvalue weighted by atomic mass is 79.9. The molecule has 0 spiro atoms. The first-order valence-corrected chi connectivity index (χ1v) is 7.36. The molecule has 2 rings (SSSR count). The number of ether oxygens (including phenoxy) is 1. The second kappa shape index (κ2) is 6.41. The maximum atomic E-state index is 12.0. The first-order chi connectivity index (χ1) is 9.60. The molecular formula is C14H13BrClNO3. The summed E-state index contributed by atoms with van der Waals surface area (Å²) in [5.41, 5.74) is 1.90. The predicted molar refractivity (Wildman–Crippen MR) is 81.4 cm³/mol. The van der Waals surface area contributed by atoms with Crippen LogP contribution in [0.25, 0.3) is 10.9 Å². The van der Waals surface area contributed by atoms with Gasteiger partial charge in [-0.2, -0.15) is 0 Å². The van der Waals surface area contributed by atoms with Crippen molar-refractivity contribution in [2.24, 2.45) is 0 Å². The Morgan fingerprint density at radius 1 is 1.50 bits per heavy atom. The van der Waals surface area contributed by atoms with Gasteiger partial charge in [-0.15, -0.1) is 0 Å². The van der Waals surface area contributed by atoms with Crippen LogP contribution in [0.3, 0.4) is 0 Å². The van der Waals surface area contributed by atoms with Gasteiger partial charge in [-0.05, 0) is 40.9 Å². The summed E-state index contributed by atoms with van der Waals surface area (Å²) < 4.78 is 5.74. The van der Waals surface area contributed by atoms with E-state index in [2.05, 4.69) is 20.9 Å². The molecule has 1 heterocycles. The van der Waals surface area contributed by atoms with Crippen molar-refractivity contribution < 1.29 is 14.3 Å². The van der Waals surface area contributed by atoms with Gasteiger partial charge < -0.3 is 14.5 Å². The van der Waals surface area contributed by atoms with Crippen LogP contribution in [0.4, 0.5) is 0 Å². The molecule has 0 radical (unpaired) electrons. The number of esters is 1. The van der Waals surface area contributed by atoms with Crippen LogP contribution in [0.15, 0.2) is 16.6 Å². The number of carbonyl (C=O) groups excluding carboxylic acids is 2. The molecule has 0 aliphatic heterocycles. The number of H-pyrrole nitrogens is 1. The van der Waals surface area contributed by atoms with Crippen molar-refractivity contribution in [2.45, 2.75) is 19.8 Å². The summed E-state index contributed by atoms with van der Waals surface area (Å²) in [6.07, 6.45) is 1.66. The molecule has 0 atom stereocenters. The zero-order valence-electron chi connectivity index (χ0n) is 10.8. The standard InChI is InChI=1S/C14H13BrClNO3/c1-2-20-14(19)13-8(4-3-7-18)9-5-6-10(16)11(15)12(9)17-13/h5-7,17H,2-4H2,1H3. The first kappa shape index (κ1) is 15.1. The van der Waals surface area contributed by atoms with Crippen molar-refractivity contribution in [3.8, 4) is 0 Å². The largest absolute Gasteiger partial charge is 0.461 e. The smallest absolute Gasteiger partial charge is 0.355 e. The minimum absolute atomic E-state index is 0.295. The summed E-state index contributed by atoms with van der Waals surface area (Å²) >= 11 is 9.45. The maximum Gasteiger partial charge on any atom is 0.355 e. The van der Waals surface area contributed by atoms with Crippen molar-refractivity contribution in [2.75, 3.05) is 6.61 Å². The van der Waals surface area contributed by atoms with Gasteiger partial charge >= 0.3 is 5.97 Å². The molecule has 1 aromatic carbocycles. The number of benzene rings is 1. The summed E-state index contributed by atoms with van der Waals surface area (Å²) in [6, 6.07) is 3.59. The number of hydrogen-bond acceptors (Lipinski definition) is 3. The van der Waals surface area contributed by atoms with Gasteiger partial charge in [0.05, 0.1) is 21.6 Å². The Kier molecular flexibility index (Phi) is 4.83. The van der Waals surface area contributed by atoms with Crippen LogP contribution in [0.1, 0.15) is 29.4 Å². The summed E-state index contributed by atoms with van der Waals surface area (Å²) in [4.78, 5) is 25.7. The van der Waals surface area contributed by atoms with E-state index in [1.807, 2.05) is 6.07 Å². The summed E-state index contributed by atoms with van der Waals surface area (Å²) in [5, 5.41) is 1.42. The van der Waals surface area contributed by atoms with Gasteiger partial charge in [-0.3, -0.25) is 0 Å². The van der Waals surface area contributed by atoms with E-state index >= 15 is 0 Å². The van der Waals surface area contributed by atoms with E-state index in [4.69, 9.17) is 16.3 Å². The minimum Gasteiger partial charge on any atom is -0.461 e. The molecule has 0 fully saturated rings. The van der Waals surface area contributed by atoms with Crippen molar-refractivity contribution in [3.05, 3.63) is 32.9 Å². The Morgan fingerprint density at radius 3 is 2.90 bits per heavy atom. The number of hydrogen-bond donors (Lipinski definition) is 1. The van der Waals surface area contributed by atoms with Gasteiger partial charge in [0.2, 0.25) is 0 Å². The van der Waals surface area contributed by atoms with Crippen LogP contribution in [0.5, 0.6) is 0 Å². The summed E-state index contributed by atoms with van der Waals surface area (Å²) in [5.74, 6) is -0.423. The Morgan fingerprint density at radius 2 is 2.25 bits per heavy atom. The minimum atomic E-state index is -0.423. The fraction of sp³-hybridized carbons (Fsp3) is 0.286. The average Bonchev–Trinajstić information content (AvgIpc) is 2.80. The SMILES string of the molecule is CCOC(=O)c1[nH]c2c(Br)c(Cl)ccc2c1CCC=O. The monoisotopic (exact) mass is 357 g/mol. The van der Waals surface area contributed by atoms with Gasteiger partial charge in [-0.1, -0.05) is 17.7 Å². The Balaban J connectivity index is 2.62. The number of aromatic nitrogens is 1. The number of aromatic amines is 1. The summed E-state index contributed by atoms with van der Waals surface area (Å²) in [6.45, 7) is 2.04. The number of fused-ring (bicyclic) bond motifs is 1. The van der Waals surface area contributed by atoms with Crippen LogP contribution in [-0.4, -0.2) is 23.8 Å². The lowest BCUT2D eigenvalue weighted by Crippen LogP contribution is -2.08.